The Bertz CT molecular complexity index is 733. The van der Waals surface area contributed by atoms with Gasteiger partial charge in [-0.3, -0.25) is 4.79 Å². The average Bonchev–Trinajstić information content (AvgIpc) is 3.01. The van der Waals surface area contributed by atoms with Crippen LogP contribution in [-0.4, -0.2) is 46.5 Å². The molecule has 24 heavy (non-hydrogen) atoms. The number of amides is 1. The number of aromatic nitrogens is 2. The molecule has 2 aliphatic rings. The Morgan fingerprint density at radius 1 is 1.25 bits per heavy atom. The smallest absolute Gasteiger partial charge is 0.272 e. The monoisotopic (exact) mass is 322 g/mol. The van der Waals surface area contributed by atoms with Crippen LogP contribution in [0.1, 0.15) is 34.2 Å². The van der Waals surface area contributed by atoms with Crippen LogP contribution in [0.25, 0.3) is 0 Å². The maximum absolute atomic E-state index is 13.0. The first-order valence-electron chi connectivity index (χ1n) is 8.60. The Morgan fingerprint density at radius 3 is 2.88 bits per heavy atom. The molecular weight excluding hydrogens is 300 g/mol. The van der Waals surface area contributed by atoms with Gasteiger partial charge in [-0.15, -0.1) is 0 Å². The zero-order chi connectivity index (χ0) is 16.5. The van der Waals surface area contributed by atoms with E-state index in [0.717, 1.165) is 26.1 Å². The Balaban J connectivity index is 1.65. The summed E-state index contributed by atoms with van der Waals surface area (Å²) in [6, 6.07) is 12.6. The molecule has 2 fully saturated rings. The summed E-state index contributed by atoms with van der Waals surface area (Å²) in [7, 11) is 0. The van der Waals surface area contributed by atoms with E-state index in [9.17, 15) is 4.79 Å². The number of hydrogen-bond acceptors (Lipinski definition) is 4. The molecule has 1 aromatic carbocycles. The van der Waals surface area contributed by atoms with Gasteiger partial charge in [0, 0.05) is 37.2 Å². The van der Waals surface area contributed by atoms with E-state index in [1.807, 2.05) is 17.9 Å². The summed E-state index contributed by atoms with van der Waals surface area (Å²) in [5.41, 5.74) is 1.83. The second-order valence-corrected chi connectivity index (χ2v) is 6.69. The average molecular weight is 322 g/mol. The van der Waals surface area contributed by atoms with Gasteiger partial charge >= 0.3 is 0 Å². The Labute approximate surface area is 142 Å². The summed E-state index contributed by atoms with van der Waals surface area (Å²) in [4.78, 5) is 23.5. The first kappa shape index (κ1) is 15.3. The first-order chi connectivity index (χ1) is 11.7. The number of nitrogens with zero attached hydrogens (tertiary/aromatic N) is 3. The molecule has 124 valence electrons. The van der Waals surface area contributed by atoms with E-state index < -0.39 is 0 Å². The van der Waals surface area contributed by atoms with Crippen molar-refractivity contribution in [2.75, 3.05) is 19.6 Å². The lowest BCUT2D eigenvalue weighted by Crippen LogP contribution is -2.46. The minimum Gasteiger partial charge on any atom is -0.333 e. The second kappa shape index (κ2) is 6.32. The fourth-order valence-corrected chi connectivity index (χ4v) is 4.16. The van der Waals surface area contributed by atoms with Crippen LogP contribution in [0.15, 0.2) is 42.6 Å². The molecule has 0 bridgehead atoms. The summed E-state index contributed by atoms with van der Waals surface area (Å²) < 4.78 is 0. The number of fused-ring (bicyclic) bond motifs is 1. The van der Waals surface area contributed by atoms with E-state index >= 15 is 0 Å². The van der Waals surface area contributed by atoms with Crippen LogP contribution in [0, 0.1) is 12.8 Å². The minimum absolute atomic E-state index is 0.0378. The molecule has 0 saturated carbocycles. The molecule has 0 spiro atoms. The van der Waals surface area contributed by atoms with Gasteiger partial charge in [0.05, 0.1) is 0 Å². The lowest BCUT2D eigenvalue weighted by molar-refractivity contribution is 0.0691. The van der Waals surface area contributed by atoms with Crippen molar-refractivity contribution in [1.82, 2.24) is 20.2 Å². The molecule has 1 amide bonds. The third-order valence-electron chi connectivity index (χ3n) is 5.29. The molecule has 3 atom stereocenters. The van der Waals surface area contributed by atoms with E-state index in [1.54, 1.807) is 12.3 Å². The molecule has 5 nitrogen and oxygen atoms in total. The normalized spacial score (nSPS) is 26.2. The van der Waals surface area contributed by atoms with Gasteiger partial charge in [-0.1, -0.05) is 30.3 Å². The molecular formula is C19H22N4O. The molecule has 0 radical (unpaired) electrons. The lowest BCUT2D eigenvalue weighted by atomic mass is 9.82. The number of likely N-dealkylation sites (tertiary alicyclic amines) is 1. The fourth-order valence-electron chi connectivity index (χ4n) is 4.16. The standard InChI is InChI=1S/C19H22N4O/c1-13-21-10-7-17(22-13)19(24)23-12-16(14-5-3-2-4-6-14)15-11-20-9-8-18(15)23/h2-7,10,15-16,18,20H,8-9,11-12H2,1H3/t15-,16-,18-/m1/s1. The molecule has 1 N–H and O–H groups in total. The van der Waals surface area contributed by atoms with Gasteiger partial charge in [-0.05, 0) is 31.5 Å². The summed E-state index contributed by atoms with van der Waals surface area (Å²) in [5.74, 6) is 1.53. The third kappa shape index (κ3) is 2.69. The fraction of sp³-hybridized carbons (Fsp3) is 0.421. The predicted molar refractivity (Wildman–Crippen MR) is 91.8 cm³/mol. The van der Waals surface area contributed by atoms with Gasteiger partial charge in [-0.2, -0.15) is 0 Å². The zero-order valence-electron chi connectivity index (χ0n) is 13.9. The minimum atomic E-state index is 0.0378. The van der Waals surface area contributed by atoms with Crippen LogP contribution < -0.4 is 5.32 Å². The van der Waals surface area contributed by atoms with Crippen molar-refractivity contribution >= 4 is 5.91 Å². The van der Waals surface area contributed by atoms with Crippen molar-refractivity contribution in [1.29, 1.82) is 0 Å². The summed E-state index contributed by atoms with van der Waals surface area (Å²) in [6.07, 6.45) is 2.67. The molecule has 4 rings (SSSR count). The lowest BCUT2D eigenvalue weighted by Gasteiger charge is -2.32. The van der Waals surface area contributed by atoms with Crippen LogP contribution in [0.4, 0.5) is 0 Å². The molecule has 0 aliphatic carbocycles. The van der Waals surface area contributed by atoms with Crippen LogP contribution in [-0.2, 0) is 0 Å². The molecule has 2 saturated heterocycles. The van der Waals surface area contributed by atoms with Crippen molar-refractivity contribution in [2.45, 2.75) is 25.3 Å². The largest absolute Gasteiger partial charge is 0.333 e. The predicted octanol–water partition coefficient (Wildman–Crippen LogP) is 2.00. The van der Waals surface area contributed by atoms with Gasteiger partial charge < -0.3 is 10.2 Å². The SMILES string of the molecule is Cc1nccc(C(=O)N2C[C@H](c3ccccc3)[C@H]3CNCC[C@H]32)n1. The summed E-state index contributed by atoms with van der Waals surface area (Å²) in [5, 5.41) is 3.50. The number of hydrogen-bond donors (Lipinski definition) is 1. The third-order valence-corrected chi connectivity index (χ3v) is 5.29. The Kier molecular flexibility index (Phi) is 4.02. The molecule has 3 heterocycles. The van der Waals surface area contributed by atoms with Gasteiger partial charge in [0.1, 0.15) is 11.5 Å². The highest BCUT2D eigenvalue weighted by molar-refractivity contribution is 5.92. The topological polar surface area (TPSA) is 58.1 Å². The van der Waals surface area contributed by atoms with Crippen LogP contribution in [0.3, 0.4) is 0 Å². The van der Waals surface area contributed by atoms with Gasteiger partial charge in [-0.25, -0.2) is 9.97 Å². The second-order valence-electron chi connectivity index (χ2n) is 6.69. The van der Waals surface area contributed by atoms with E-state index in [0.29, 0.717) is 29.4 Å². The van der Waals surface area contributed by atoms with Crippen molar-refractivity contribution in [3.05, 3.63) is 59.7 Å². The van der Waals surface area contributed by atoms with E-state index in [-0.39, 0.29) is 5.91 Å². The van der Waals surface area contributed by atoms with Crippen LogP contribution in [0.5, 0.6) is 0 Å². The number of nitrogens with one attached hydrogen (secondary N) is 1. The number of piperidine rings is 1. The van der Waals surface area contributed by atoms with E-state index in [2.05, 4.69) is 39.6 Å². The number of carbonyl (C=O) groups excluding carboxylic acids is 1. The number of rotatable bonds is 2. The maximum atomic E-state index is 13.0. The van der Waals surface area contributed by atoms with Crippen molar-refractivity contribution in [2.24, 2.45) is 5.92 Å². The number of aryl methyl sites for hydroxylation is 1. The maximum Gasteiger partial charge on any atom is 0.272 e. The van der Waals surface area contributed by atoms with Crippen molar-refractivity contribution in [3.63, 3.8) is 0 Å². The summed E-state index contributed by atoms with van der Waals surface area (Å²) in [6.45, 7) is 4.52. The van der Waals surface area contributed by atoms with Crippen LogP contribution >= 0.6 is 0 Å². The van der Waals surface area contributed by atoms with Gasteiger partial charge in [0.25, 0.3) is 5.91 Å². The van der Waals surface area contributed by atoms with E-state index in [1.165, 1.54) is 5.56 Å². The molecule has 2 aliphatic heterocycles. The zero-order valence-corrected chi connectivity index (χ0v) is 13.9. The van der Waals surface area contributed by atoms with Crippen LogP contribution in [0.2, 0.25) is 0 Å². The highest BCUT2D eigenvalue weighted by Gasteiger charge is 2.45. The van der Waals surface area contributed by atoms with Crippen molar-refractivity contribution in [3.8, 4) is 0 Å². The number of benzene rings is 1. The molecule has 1 aromatic heterocycles. The first-order valence-corrected chi connectivity index (χ1v) is 8.60. The quantitative estimate of drug-likeness (QED) is 0.919. The Hall–Kier alpha value is -2.27. The highest BCUT2D eigenvalue weighted by atomic mass is 16.2. The van der Waals surface area contributed by atoms with Gasteiger partial charge in [0.15, 0.2) is 0 Å². The van der Waals surface area contributed by atoms with Gasteiger partial charge in [0.2, 0.25) is 0 Å². The molecule has 5 heteroatoms. The highest BCUT2D eigenvalue weighted by Crippen LogP contribution is 2.40. The van der Waals surface area contributed by atoms with E-state index in [4.69, 9.17) is 0 Å². The molecule has 2 aromatic rings. The number of carbonyl (C=O) groups is 1. The van der Waals surface area contributed by atoms with Crippen molar-refractivity contribution < 1.29 is 4.79 Å². The summed E-state index contributed by atoms with van der Waals surface area (Å²) >= 11 is 0. The Morgan fingerprint density at radius 2 is 2.08 bits per heavy atom. The molecule has 0 unspecified atom stereocenters.